The van der Waals surface area contributed by atoms with E-state index in [9.17, 15) is 4.79 Å². The molecule has 0 N–H and O–H groups in total. The van der Waals surface area contributed by atoms with Gasteiger partial charge in [-0.05, 0) is 49.9 Å². The van der Waals surface area contributed by atoms with Crippen LogP contribution in [0, 0.1) is 11.3 Å². The van der Waals surface area contributed by atoms with E-state index in [1.165, 1.54) is 0 Å². The fourth-order valence-electron chi connectivity index (χ4n) is 3.91. The van der Waals surface area contributed by atoms with Crippen LogP contribution in [0.25, 0.3) is 0 Å². The van der Waals surface area contributed by atoms with Crippen LogP contribution < -0.4 is 9.47 Å². The number of hydrogen-bond donors (Lipinski definition) is 0. The molecule has 2 aliphatic rings. The summed E-state index contributed by atoms with van der Waals surface area (Å²) in [6, 6.07) is 7.65. The van der Waals surface area contributed by atoms with Crippen molar-refractivity contribution < 1.29 is 19.0 Å². The van der Waals surface area contributed by atoms with Crippen molar-refractivity contribution in [2.24, 2.45) is 11.3 Å². The lowest BCUT2D eigenvalue weighted by atomic mass is 9.68. The number of amides is 1. The summed E-state index contributed by atoms with van der Waals surface area (Å²) >= 11 is 0. The largest absolute Gasteiger partial charge is 0.497 e. The normalized spacial score (nSPS) is 22.2. The molecule has 5 heteroatoms. The number of likely N-dealkylation sites (tertiary alicyclic amines) is 1. The molecule has 0 unspecified atom stereocenters. The first kappa shape index (κ1) is 18.1. The Morgan fingerprint density at radius 1 is 1.16 bits per heavy atom. The lowest BCUT2D eigenvalue weighted by Gasteiger charge is -2.45. The standard InChI is InChI=1S/C20H29NO4/c1-23-15-20(10-4-11-20)19(22)21-12-3-5-16(13-21)14-25-18-8-6-17(24-2)7-9-18/h6-9,16H,3-5,10-15H2,1-2H3/t16-/m1/s1. The van der Waals surface area contributed by atoms with Crippen molar-refractivity contribution in [1.29, 1.82) is 0 Å². The minimum absolute atomic E-state index is 0.256. The Hall–Kier alpha value is -1.75. The molecule has 1 amide bonds. The molecule has 0 radical (unpaired) electrons. The van der Waals surface area contributed by atoms with Crippen molar-refractivity contribution in [3.63, 3.8) is 0 Å². The number of ether oxygens (including phenoxy) is 3. The zero-order valence-electron chi connectivity index (χ0n) is 15.3. The Balaban J connectivity index is 1.53. The molecule has 1 saturated heterocycles. The van der Waals surface area contributed by atoms with Crippen molar-refractivity contribution in [3.8, 4) is 11.5 Å². The third kappa shape index (κ3) is 4.09. The molecule has 1 aliphatic heterocycles. The van der Waals surface area contributed by atoms with E-state index in [4.69, 9.17) is 14.2 Å². The second-order valence-electron chi connectivity index (χ2n) is 7.31. The van der Waals surface area contributed by atoms with Crippen LogP contribution in [0.5, 0.6) is 11.5 Å². The Morgan fingerprint density at radius 2 is 1.88 bits per heavy atom. The summed E-state index contributed by atoms with van der Waals surface area (Å²) in [4.78, 5) is 15.0. The summed E-state index contributed by atoms with van der Waals surface area (Å²) < 4.78 is 16.4. The molecule has 2 fully saturated rings. The predicted octanol–water partition coefficient (Wildman–Crippen LogP) is 3.13. The van der Waals surface area contributed by atoms with Gasteiger partial charge in [-0.25, -0.2) is 0 Å². The molecule has 0 spiro atoms. The van der Waals surface area contributed by atoms with Crippen LogP contribution in [-0.4, -0.2) is 51.3 Å². The Bertz CT molecular complexity index is 568. The van der Waals surface area contributed by atoms with Gasteiger partial charge in [-0.2, -0.15) is 0 Å². The van der Waals surface area contributed by atoms with Gasteiger partial charge in [0, 0.05) is 26.1 Å². The second kappa shape index (κ2) is 8.09. The van der Waals surface area contributed by atoms with Crippen LogP contribution in [0.15, 0.2) is 24.3 Å². The molecule has 1 aromatic rings. The van der Waals surface area contributed by atoms with Crippen molar-refractivity contribution in [2.45, 2.75) is 32.1 Å². The van der Waals surface area contributed by atoms with Gasteiger partial charge >= 0.3 is 0 Å². The van der Waals surface area contributed by atoms with Crippen LogP contribution in [-0.2, 0) is 9.53 Å². The van der Waals surface area contributed by atoms with Crippen molar-refractivity contribution in [1.82, 2.24) is 4.90 Å². The smallest absolute Gasteiger partial charge is 0.231 e. The third-order valence-electron chi connectivity index (χ3n) is 5.54. The maximum Gasteiger partial charge on any atom is 0.231 e. The molecule has 1 aromatic carbocycles. The van der Waals surface area contributed by atoms with E-state index in [2.05, 4.69) is 0 Å². The lowest BCUT2D eigenvalue weighted by molar-refractivity contribution is -0.154. The van der Waals surface area contributed by atoms with Gasteiger partial charge in [0.25, 0.3) is 0 Å². The van der Waals surface area contributed by atoms with Gasteiger partial charge in [-0.3, -0.25) is 4.79 Å². The van der Waals surface area contributed by atoms with E-state index in [0.29, 0.717) is 19.1 Å². The molecule has 1 aliphatic carbocycles. The monoisotopic (exact) mass is 347 g/mol. The van der Waals surface area contributed by atoms with Crippen molar-refractivity contribution >= 4 is 5.91 Å². The summed E-state index contributed by atoms with van der Waals surface area (Å²) in [5.41, 5.74) is -0.256. The third-order valence-corrected chi connectivity index (χ3v) is 5.54. The number of nitrogens with zero attached hydrogens (tertiary/aromatic N) is 1. The molecule has 25 heavy (non-hydrogen) atoms. The number of methoxy groups -OCH3 is 2. The molecule has 1 atom stereocenters. The first-order chi connectivity index (χ1) is 12.2. The summed E-state index contributed by atoms with van der Waals surface area (Å²) in [6.45, 7) is 2.85. The highest BCUT2D eigenvalue weighted by Crippen LogP contribution is 2.43. The van der Waals surface area contributed by atoms with Crippen molar-refractivity contribution in [3.05, 3.63) is 24.3 Å². The number of carbonyl (C=O) groups is 1. The highest BCUT2D eigenvalue weighted by atomic mass is 16.5. The van der Waals surface area contributed by atoms with Gasteiger partial charge in [0.1, 0.15) is 11.5 Å². The van der Waals surface area contributed by atoms with E-state index in [0.717, 1.165) is 56.7 Å². The zero-order chi connectivity index (χ0) is 17.7. The predicted molar refractivity (Wildman–Crippen MR) is 96.0 cm³/mol. The van der Waals surface area contributed by atoms with E-state index in [-0.39, 0.29) is 11.3 Å². The van der Waals surface area contributed by atoms with E-state index in [1.54, 1.807) is 14.2 Å². The number of carbonyl (C=O) groups excluding carboxylic acids is 1. The molecular formula is C20H29NO4. The summed E-state index contributed by atoms with van der Waals surface area (Å²) in [5.74, 6) is 2.35. The van der Waals surface area contributed by atoms with Crippen LogP contribution >= 0.6 is 0 Å². The highest BCUT2D eigenvalue weighted by molar-refractivity contribution is 5.84. The Kier molecular flexibility index (Phi) is 5.84. The van der Waals surface area contributed by atoms with E-state index < -0.39 is 0 Å². The van der Waals surface area contributed by atoms with Gasteiger partial charge < -0.3 is 19.1 Å². The van der Waals surface area contributed by atoms with Gasteiger partial charge in [-0.1, -0.05) is 6.42 Å². The van der Waals surface area contributed by atoms with Gasteiger partial charge in [-0.15, -0.1) is 0 Å². The molecule has 0 aromatic heterocycles. The molecule has 1 heterocycles. The average Bonchev–Trinajstić information content (AvgIpc) is 2.63. The summed E-state index contributed by atoms with van der Waals surface area (Å²) in [6.07, 6.45) is 5.21. The van der Waals surface area contributed by atoms with Crippen molar-refractivity contribution in [2.75, 3.05) is 40.5 Å². The van der Waals surface area contributed by atoms with Crippen LogP contribution in [0.4, 0.5) is 0 Å². The Labute approximate surface area is 150 Å². The molecule has 0 bridgehead atoms. The molecular weight excluding hydrogens is 318 g/mol. The minimum atomic E-state index is -0.256. The van der Waals surface area contributed by atoms with Gasteiger partial charge in [0.15, 0.2) is 0 Å². The first-order valence-corrected chi connectivity index (χ1v) is 9.22. The highest BCUT2D eigenvalue weighted by Gasteiger charge is 2.47. The van der Waals surface area contributed by atoms with Crippen LogP contribution in [0.2, 0.25) is 0 Å². The minimum Gasteiger partial charge on any atom is -0.497 e. The Morgan fingerprint density at radius 3 is 2.48 bits per heavy atom. The quantitative estimate of drug-likeness (QED) is 0.760. The number of hydrogen-bond acceptors (Lipinski definition) is 4. The first-order valence-electron chi connectivity index (χ1n) is 9.22. The maximum atomic E-state index is 13.0. The second-order valence-corrected chi connectivity index (χ2v) is 7.31. The molecule has 138 valence electrons. The molecule has 1 saturated carbocycles. The van der Waals surface area contributed by atoms with Crippen LogP contribution in [0.1, 0.15) is 32.1 Å². The average molecular weight is 347 g/mol. The maximum absolute atomic E-state index is 13.0. The van der Waals surface area contributed by atoms with Gasteiger partial charge in [0.2, 0.25) is 5.91 Å². The summed E-state index contributed by atoms with van der Waals surface area (Å²) in [5, 5.41) is 0. The number of rotatable bonds is 7. The summed E-state index contributed by atoms with van der Waals surface area (Å²) in [7, 11) is 3.34. The van der Waals surface area contributed by atoms with Crippen LogP contribution in [0.3, 0.4) is 0 Å². The van der Waals surface area contributed by atoms with E-state index >= 15 is 0 Å². The topological polar surface area (TPSA) is 48.0 Å². The molecule has 5 nitrogen and oxygen atoms in total. The number of piperidine rings is 1. The SMILES string of the molecule is COCC1(C(=O)N2CCC[C@@H](COc3ccc(OC)cc3)C2)CCC1. The van der Waals surface area contributed by atoms with E-state index in [1.807, 2.05) is 29.2 Å². The fourth-order valence-corrected chi connectivity index (χ4v) is 3.91. The molecule has 3 rings (SSSR count). The number of benzene rings is 1. The zero-order valence-corrected chi connectivity index (χ0v) is 15.3. The lowest BCUT2D eigenvalue weighted by Crippen LogP contribution is -2.53. The fraction of sp³-hybridized carbons (Fsp3) is 0.650. The van der Waals surface area contributed by atoms with Gasteiger partial charge in [0.05, 0.1) is 25.7 Å².